The van der Waals surface area contributed by atoms with Crippen molar-refractivity contribution >= 4 is 29.1 Å². The summed E-state index contributed by atoms with van der Waals surface area (Å²) < 4.78 is 10.5. The molecular formula is C18H19Cl2NO3. The van der Waals surface area contributed by atoms with E-state index in [1.807, 2.05) is 12.1 Å². The molecule has 0 fully saturated rings. The summed E-state index contributed by atoms with van der Waals surface area (Å²) in [4.78, 5) is 14.1. The smallest absolute Gasteiger partial charge is 0.227 e. The molecule has 0 radical (unpaired) electrons. The number of nitrogens with zero attached hydrogens (tertiary/aromatic N) is 1. The molecule has 1 amide bonds. The third-order valence-electron chi connectivity index (χ3n) is 3.66. The molecule has 4 nitrogen and oxygen atoms in total. The molecule has 0 aliphatic heterocycles. The van der Waals surface area contributed by atoms with Crippen LogP contribution >= 0.6 is 23.2 Å². The molecule has 0 heterocycles. The molecule has 0 unspecified atom stereocenters. The van der Waals surface area contributed by atoms with E-state index < -0.39 is 0 Å². The lowest BCUT2D eigenvalue weighted by atomic mass is 10.1. The minimum atomic E-state index is -0.0346. The number of carbonyl (C=O) groups excluding carboxylic acids is 1. The van der Waals surface area contributed by atoms with Crippen LogP contribution in [0.4, 0.5) is 0 Å². The quantitative estimate of drug-likeness (QED) is 0.767. The van der Waals surface area contributed by atoms with Gasteiger partial charge in [-0.15, -0.1) is 0 Å². The Labute approximate surface area is 151 Å². The van der Waals surface area contributed by atoms with Gasteiger partial charge < -0.3 is 14.4 Å². The van der Waals surface area contributed by atoms with Gasteiger partial charge in [-0.05, 0) is 35.9 Å². The van der Waals surface area contributed by atoms with Gasteiger partial charge in [-0.25, -0.2) is 0 Å². The zero-order valence-corrected chi connectivity index (χ0v) is 15.3. The summed E-state index contributed by atoms with van der Waals surface area (Å²) in [5, 5.41) is 0.972. The van der Waals surface area contributed by atoms with Crippen LogP contribution in [0.1, 0.15) is 11.1 Å². The lowest BCUT2D eigenvalue weighted by molar-refractivity contribution is -0.129. The number of ether oxygens (including phenoxy) is 2. The van der Waals surface area contributed by atoms with E-state index in [0.29, 0.717) is 28.1 Å². The molecule has 0 spiro atoms. The second kappa shape index (κ2) is 8.27. The van der Waals surface area contributed by atoms with Crippen molar-refractivity contribution in [1.29, 1.82) is 0 Å². The van der Waals surface area contributed by atoms with Crippen LogP contribution in [-0.4, -0.2) is 32.1 Å². The zero-order valence-electron chi connectivity index (χ0n) is 13.8. The first-order chi connectivity index (χ1) is 11.4. The molecule has 0 saturated carbocycles. The monoisotopic (exact) mass is 367 g/mol. The predicted molar refractivity (Wildman–Crippen MR) is 96.2 cm³/mol. The average molecular weight is 368 g/mol. The number of hydrogen-bond donors (Lipinski definition) is 0. The van der Waals surface area contributed by atoms with Gasteiger partial charge in [-0.2, -0.15) is 0 Å². The van der Waals surface area contributed by atoms with E-state index in [9.17, 15) is 4.79 Å². The minimum absolute atomic E-state index is 0.0346. The first-order valence-electron chi connectivity index (χ1n) is 7.33. The van der Waals surface area contributed by atoms with Gasteiger partial charge in [0.05, 0.1) is 30.7 Å². The molecular weight excluding hydrogens is 349 g/mol. The van der Waals surface area contributed by atoms with Crippen LogP contribution in [0.3, 0.4) is 0 Å². The van der Waals surface area contributed by atoms with Gasteiger partial charge in [0.1, 0.15) is 11.5 Å². The largest absolute Gasteiger partial charge is 0.497 e. The summed E-state index contributed by atoms with van der Waals surface area (Å²) in [5.41, 5.74) is 1.70. The Bertz CT molecular complexity index is 734. The molecule has 0 N–H and O–H groups in total. The molecule has 0 saturated heterocycles. The summed E-state index contributed by atoms with van der Waals surface area (Å²) in [6.07, 6.45) is 0.220. The van der Waals surface area contributed by atoms with Crippen molar-refractivity contribution in [3.63, 3.8) is 0 Å². The first kappa shape index (κ1) is 18.4. The molecule has 0 aliphatic rings. The highest BCUT2D eigenvalue weighted by atomic mass is 35.5. The number of methoxy groups -OCH3 is 2. The van der Waals surface area contributed by atoms with Crippen molar-refractivity contribution in [3.8, 4) is 11.5 Å². The van der Waals surface area contributed by atoms with E-state index in [4.69, 9.17) is 32.7 Å². The van der Waals surface area contributed by atoms with Crippen molar-refractivity contribution in [2.24, 2.45) is 0 Å². The Morgan fingerprint density at radius 2 is 1.79 bits per heavy atom. The predicted octanol–water partition coefficient (Wildman–Crippen LogP) is 4.21. The van der Waals surface area contributed by atoms with Crippen LogP contribution < -0.4 is 9.47 Å². The molecule has 128 valence electrons. The van der Waals surface area contributed by atoms with Crippen molar-refractivity contribution in [3.05, 3.63) is 57.6 Å². The number of benzene rings is 2. The normalized spacial score (nSPS) is 10.4. The lowest BCUT2D eigenvalue weighted by Crippen LogP contribution is -2.27. The third kappa shape index (κ3) is 4.56. The zero-order chi connectivity index (χ0) is 17.7. The first-order valence-corrected chi connectivity index (χ1v) is 8.09. The Kier molecular flexibility index (Phi) is 6.35. The molecule has 2 rings (SSSR count). The Morgan fingerprint density at radius 3 is 2.42 bits per heavy atom. The number of carbonyl (C=O) groups is 1. The molecule has 2 aromatic carbocycles. The Morgan fingerprint density at radius 1 is 1.04 bits per heavy atom. The van der Waals surface area contributed by atoms with E-state index in [0.717, 1.165) is 11.1 Å². The fourth-order valence-electron chi connectivity index (χ4n) is 2.32. The van der Waals surface area contributed by atoms with E-state index in [1.54, 1.807) is 50.4 Å². The topological polar surface area (TPSA) is 38.8 Å². The van der Waals surface area contributed by atoms with Crippen LogP contribution in [-0.2, 0) is 17.8 Å². The van der Waals surface area contributed by atoms with Crippen molar-refractivity contribution in [2.75, 3.05) is 21.3 Å². The minimum Gasteiger partial charge on any atom is -0.497 e. The number of likely N-dealkylation sites (N-methyl/N-ethyl adjacent to an activating group) is 1. The molecule has 2 aromatic rings. The summed E-state index contributed by atoms with van der Waals surface area (Å²) in [5.74, 6) is 1.31. The maximum Gasteiger partial charge on any atom is 0.227 e. The second-order valence-corrected chi connectivity index (χ2v) is 6.17. The Hall–Kier alpha value is -1.91. The van der Waals surface area contributed by atoms with Crippen molar-refractivity contribution < 1.29 is 14.3 Å². The number of hydrogen-bond acceptors (Lipinski definition) is 3. The van der Waals surface area contributed by atoms with Gasteiger partial charge in [-0.3, -0.25) is 4.79 Å². The fraction of sp³-hybridized carbons (Fsp3) is 0.278. The van der Waals surface area contributed by atoms with Gasteiger partial charge in [0.25, 0.3) is 0 Å². The van der Waals surface area contributed by atoms with Gasteiger partial charge in [0, 0.05) is 19.2 Å². The van der Waals surface area contributed by atoms with E-state index in [2.05, 4.69) is 0 Å². The number of amides is 1. The summed E-state index contributed by atoms with van der Waals surface area (Å²) >= 11 is 11.9. The second-order valence-electron chi connectivity index (χ2n) is 5.35. The summed E-state index contributed by atoms with van der Waals surface area (Å²) in [6.45, 7) is 0.446. The van der Waals surface area contributed by atoms with E-state index >= 15 is 0 Å². The van der Waals surface area contributed by atoms with Crippen LogP contribution in [0.25, 0.3) is 0 Å². The van der Waals surface area contributed by atoms with E-state index in [1.165, 1.54) is 0 Å². The fourth-order valence-corrected chi connectivity index (χ4v) is 2.64. The van der Waals surface area contributed by atoms with Gasteiger partial charge in [0.15, 0.2) is 0 Å². The van der Waals surface area contributed by atoms with Gasteiger partial charge >= 0.3 is 0 Å². The van der Waals surface area contributed by atoms with Gasteiger partial charge in [-0.1, -0.05) is 29.3 Å². The van der Waals surface area contributed by atoms with Crippen LogP contribution in [0.2, 0.25) is 10.0 Å². The SMILES string of the molecule is COc1ccc(OC)c(CC(=O)N(C)Cc2ccc(Cl)c(Cl)c2)c1. The van der Waals surface area contributed by atoms with Crippen molar-refractivity contribution in [2.45, 2.75) is 13.0 Å². The highest BCUT2D eigenvalue weighted by molar-refractivity contribution is 6.42. The maximum absolute atomic E-state index is 12.5. The Balaban J connectivity index is 2.09. The van der Waals surface area contributed by atoms with Crippen LogP contribution in [0.5, 0.6) is 11.5 Å². The van der Waals surface area contributed by atoms with Crippen molar-refractivity contribution in [1.82, 2.24) is 4.90 Å². The highest BCUT2D eigenvalue weighted by Gasteiger charge is 2.14. The lowest BCUT2D eigenvalue weighted by Gasteiger charge is -2.19. The van der Waals surface area contributed by atoms with Crippen LogP contribution in [0, 0.1) is 0 Å². The van der Waals surface area contributed by atoms with E-state index in [-0.39, 0.29) is 12.3 Å². The third-order valence-corrected chi connectivity index (χ3v) is 4.40. The molecule has 0 atom stereocenters. The van der Waals surface area contributed by atoms with Crippen LogP contribution in [0.15, 0.2) is 36.4 Å². The molecule has 0 aliphatic carbocycles. The average Bonchev–Trinajstić information content (AvgIpc) is 2.58. The number of rotatable bonds is 6. The standard InChI is InChI=1S/C18H19Cl2NO3/c1-21(11-12-4-6-15(19)16(20)8-12)18(22)10-13-9-14(23-2)5-7-17(13)24-3/h4-9H,10-11H2,1-3H3. The molecule has 0 aromatic heterocycles. The van der Waals surface area contributed by atoms with Gasteiger partial charge in [0.2, 0.25) is 5.91 Å². The maximum atomic E-state index is 12.5. The summed E-state index contributed by atoms with van der Waals surface area (Å²) in [6, 6.07) is 10.7. The molecule has 24 heavy (non-hydrogen) atoms. The summed E-state index contributed by atoms with van der Waals surface area (Å²) in [7, 11) is 4.91. The molecule has 0 bridgehead atoms. The highest BCUT2D eigenvalue weighted by Crippen LogP contribution is 2.26. The number of halogens is 2. The molecule has 6 heteroatoms.